The molecule has 0 aliphatic carbocycles. The van der Waals surface area contributed by atoms with Gasteiger partial charge in [0, 0.05) is 43.3 Å². The van der Waals surface area contributed by atoms with Crippen molar-refractivity contribution < 1.29 is 9.53 Å². The summed E-state index contributed by atoms with van der Waals surface area (Å²) in [6.45, 7) is 2.98. The van der Waals surface area contributed by atoms with Crippen LogP contribution in [0, 0.1) is 0 Å². The van der Waals surface area contributed by atoms with E-state index in [4.69, 9.17) is 4.74 Å². The van der Waals surface area contributed by atoms with Crippen molar-refractivity contribution in [3.63, 3.8) is 0 Å². The number of nitrogens with zero attached hydrogens (tertiary/aromatic N) is 3. The zero-order valence-electron chi connectivity index (χ0n) is 14.8. The Kier molecular flexibility index (Phi) is 4.44. The van der Waals surface area contributed by atoms with Crippen LogP contribution in [0.15, 0.2) is 60.8 Å². The second-order valence-electron chi connectivity index (χ2n) is 6.36. The average molecular weight is 347 g/mol. The summed E-state index contributed by atoms with van der Waals surface area (Å²) in [7, 11) is 1.69. The molecule has 0 atom stereocenters. The highest BCUT2D eigenvalue weighted by molar-refractivity contribution is 5.98. The van der Waals surface area contributed by atoms with Gasteiger partial charge in [-0.15, -0.1) is 0 Å². The molecule has 5 nitrogen and oxygen atoms in total. The van der Waals surface area contributed by atoms with E-state index in [1.165, 1.54) is 0 Å². The van der Waals surface area contributed by atoms with E-state index in [0.29, 0.717) is 13.1 Å². The highest BCUT2D eigenvalue weighted by atomic mass is 16.5. The lowest BCUT2D eigenvalue weighted by Crippen LogP contribution is -2.48. The number of anilines is 1. The number of ether oxygens (including phenoxy) is 1. The van der Waals surface area contributed by atoms with Crippen LogP contribution in [0.3, 0.4) is 0 Å². The molecule has 1 aliphatic rings. The maximum absolute atomic E-state index is 12.9. The molecule has 0 spiro atoms. The Morgan fingerprint density at radius 1 is 1.00 bits per heavy atom. The molecule has 2 heterocycles. The first kappa shape index (κ1) is 16.4. The van der Waals surface area contributed by atoms with Crippen molar-refractivity contribution in [2.75, 3.05) is 38.2 Å². The minimum absolute atomic E-state index is 0.0791. The third kappa shape index (κ3) is 3.08. The molecule has 0 unspecified atom stereocenters. The summed E-state index contributed by atoms with van der Waals surface area (Å²) in [5.74, 6) is 0.949. The van der Waals surface area contributed by atoms with Crippen molar-refractivity contribution in [1.29, 1.82) is 0 Å². The van der Waals surface area contributed by atoms with Crippen molar-refractivity contribution >= 4 is 22.5 Å². The van der Waals surface area contributed by atoms with Crippen LogP contribution >= 0.6 is 0 Å². The molecule has 0 saturated carbocycles. The molecule has 4 rings (SSSR count). The lowest BCUT2D eigenvalue weighted by Gasteiger charge is -2.36. The van der Waals surface area contributed by atoms with Gasteiger partial charge in [0.25, 0.3) is 5.91 Å². The van der Waals surface area contributed by atoms with E-state index in [1.54, 1.807) is 13.3 Å². The van der Waals surface area contributed by atoms with Crippen molar-refractivity contribution in [3.8, 4) is 5.75 Å². The average Bonchev–Trinajstić information content (AvgIpc) is 2.73. The van der Waals surface area contributed by atoms with Gasteiger partial charge >= 0.3 is 0 Å². The van der Waals surface area contributed by atoms with Crippen LogP contribution in [-0.4, -0.2) is 49.1 Å². The molecule has 3 aromatic rings. The fraction of sp³-hybridized carbons (Fsp3) is 0.238. The van der Waals surface area contributed by atoms with E-state index in [2.05, 4.69) is 16.0 Å². The first-order valence-corrected chi connectivity index (χ1v) is 8.78. The van der Waals surface area contributed by atoms with E-state index >= 15 is 0 Å². The monoisotopic (exact) mass is 347 g/mol. The predicted octanol–water partition coefficient (Wildman–Crippen LogP) is 3.21. The van der Waals surface area contributed by atoms with Gasteiger partial charge in [0.2, 0.25) is 0 Å². The summed E-state index contributed by atoms with van der Waals surface area (Å²) in [5.41, 5.74) is 2.71. The van der Waals surface area contributed by atoms with Gasteiger partial charge in [0.05, 0.1) is 18.3 Å². The number of piperazine rings is 1. The van der Waals surface area contributed by atoms with Gasteiger partial charge in [0.15, 0.2) is 0 Å². The largest absolute Gasteiger partial charge is 0.495 e. The van der Waals surface area contributed by atoms with Crippen LogP contribution in [0.1, 0.15) is 10.4 Å². The SMILES string of the molecule is COc1ccccc1N1CCN(C(=O)c2ccc3ncccc3c2)CC1. The quantitative estimate of drug-likeness (QED) is 0.730. The van der Waals surface area contributed by atoms with Crippen molar-refractivity contribution in [3.05, 3.63) is 66.4 Å². The van der Waals surface area contributed by atoms with Crippen molar-refractivity contribution in [1.82, 2.24) is 9.88 Å². The summed E-state index contributed by atoms with van der Waals surface area (Å²) in [4.78, 5) is 21.4. The van der Waals surface area contributed by atoms with E-state index in [0.717, 1.165) is 41.0 Å². The molecule has 0 radical (unpaired) electrons. The summed E-state index contributed by atoms with van der Waals surface area (Å²) in [5, 5.41) is 0.992. The molecule has 1 saturated heterocycles. The van der Waals surface area contributed by atoms with Crippen LogP contribution in [0.25, 0.3) is 10.9 Å². The normalized spacial score (nSPS) is 14.5. The number of amides is 1. The van der Waals surface area contributed by atoms with Gasteiger partial charge in [-0.1, -0.05) is 18.2 Å². The lowest BCUT2D eigenvalue weighted by molar-refractivity contribution is 0.0747. The molecule has 1 aromatic heterocycles. The van der Waals surface area contributed by atoms with E-state index in [-0.39, 0.29) is 5.91 Å². The number of rotatable bonds is 3. The zero-order chi connectivity index (χ0) is 17.9. The van der Waals surface area contributed by atoms with Crippen molar-refractivity contribution in [2.24, 2.45) is 0 Å². The number of para-hydroxylation sites is 2. The molecule has 1 fully saturated rings. The summed E-state index contributed by atoms with van der Waals surface area (Å²) in [6, 6.07) is 17.6. The third-order valence-corrected chi connectivity index (χ3v) is 4.84. The van der Waals surface area contributed by atoms with Crippen molar-refractivity contribution in [2.45, 2.75) is 0 Å². The molecule has 5 heteroatoms. The maximum Gasteiger partial charge on any atom is 0.253 e. The van der Waals surface area contributed by atoms with E-state index in [9.17, 15) is 4.79 Å². The minimum atomic E-state index is 0.0791. The Labute approximate surface area is 152 Å². The Balaban J connectivity index is 1.47. The smallest absolute Gasteiger partial charge is 0.253 e. The number of hydrogen-bond donors (Lipinski definition) is 0. The lowest BCUT2D eigenvalue weighted by atomic mass is 10.1. The number of carbonyl (C=O) groups is 1. The van der Waals surface area contributed by atoms with Crippen LogP contribution in [0.5, 0.6) is 5.75 Å². The van der Waals surface area contributed by atoms with Gasteiger partial charge in [-0.2, -0.15) is 0 Å². The second-order valence-corrected chi connectivity index (χ2v) is 6.36. The van der Waals surface area contributed by atoms with Gasteiger partial charge in [0.1, 0.15) is 5.75 Å². The minimum Gasteiger partial charge on any atom is -0.495 e. The number of methoxy groups -OCH3 is 1. The second kappa shape index (κ2) is 7.04. The predicted molar refractivity (Wildman–Crippen MR) is 103 cm³/mol. The number of aromatic nitrogens is 1. The fourth-order valence-electron chi connectivity index (χ4n) is 3.43. The van der Waals surface area contributed by atoms with Crippen LogP contribution < -0.4 is 9.64 Å². The summed E-state index contributed by atoms with van der Waals surface area (Å²) < 4.78 is 5.45. The highest BCUT2D eigenvalue weighted by Crippen LogP contribution is 2.28. The van der Waals surface area contributed by atoms with E-state index < -0.39 is 0 Å². The maximum atomic E-state index is 12.9. The first-order chi connectivity index (χ1) is 12.8. The topological polar surface area (TPSA) is 45.7 Å². The number of pyridine rings is 1. The van der Waals surface area contributed by atoms with Crippen LogP contribution in [-0.2, 0) is 0 Å². The molecule has 1 amide bonds. The molecule has 2 aromatic carbocycles. The highest BCUT2D eigenvalue weighted by Gasteiger charge is 2.23. The Bertz CT molecular complexity index is 933. The summed E-state index contributed by atoms with van der Waals surface area (Å²) in [6.07, 6.45) is 1.76. The fourth-order valence-corrected chi connectivity index (χ4v) is 3.43. The van der Waals surface area contributed by atoms with Gasteiger partial charge in [-0.25, -0.2) is 0 Å². The Morgan fingerprint density at radius 3 is 2.62 bits per heavy atom. The first-order valence-electron chi connectivity index (χ1n) is 8.78. The zero-order valence-corrected chi connectivity index (χ0v) is 14.8. The molecule has 26 heavy (non-hydrogen) atoms. The Morgan fingerprint density at radius 2 is 1.81 bits per heavy atom. The molecule has 0 bridgehead atoms. The molecule has 1 aliphatic heterocycles. The van der Waals surface area contributed by atoms with Crippen LogP contribution in [0.4, 0.5) is 5.69 Å². The molecule has 0 N–H and O–H groups in total. The van der Waals surface area contributed by atoms with E-state index in [1.807, 2.05) is 53.4 Å². The molecular formula is C21H21N3O2. The third-order valence-electron chi connectivity index (χ3n) is 4.84. The summed E-state index contributed by atoms with van der Waals surface area (Å²) >= 11 is 0. The Hall–Kier alpha value is -3.08. The standard InChI is InChI=1S/C21H21N3O2/c1-26-20-7-3-2-6-19(20)23-11-13-24(14-12-23)21(25)17-8-9-18-16(15-17)5-4-10-22-18/h2-10,15H,11-14H2,1H3. The van der Waals surface area contributed by atoms with Crippen LogP contribution in [0.2, 0.25) is 0 Å². The van der Waals surface area contributed by atoms with Gasteiger partial charge in [-0.3, -0.25) is 9.78 Å². The molecule has 132 valence electrons. The number of hydrogen-bond acceptors (Lipinski definition) is 4. The number of fused-ring (bicyclic) bond motifs is 1. The number of carbonyl (C=O) groups excluding carboxylic acids is 1. The van der Waals surface area contributed by atoms with Gasteiger partial charge in [-0.05, 0) is 36.4 Å². The molecular weight excluding hydrogens is 326 g/mol. The number of benzene rings is 2. The van der Waals surface area contributed by atoms with Gasteiger partial charge < -0.3 is 14.5 Å².